The standard InChI is InChI=1S/C11H20N2O4/c14-7-11(1-3-17-4-2-11)13-10(16)9-5-8(15)6-12-9/h8-9,12,14-15H,1-7H2,(H,13,16). The summed E-state index contributed by atoms with van der Waals surface area (Å²) in [4.78, 5) is 12.0. The van der Waals surface area contributed by atoms with Gasteiger partial charge in [0.1, 0.15) is 0 Å². The fourth-order valence-electron chi connectivity index (χ4n) is 2.35. The summed E-state index contributed by atoms with van der Waals surface area (Å²) in [6.07, 6.45) is 1.24. The van der Waals surface area contributed by atoms with Gasteiger partial charge in [-0.3, -0.25) is 4.79 Å². The van der Waals surface area contributed by atoms with E-state index in [9.17, 15) is 15.0 Å². The molecule has 4 N–H and O–H groups in total. The number of ether oxygens (including phenoxy) is 1. The fraction of sp³-hybridized carbons (Fsp3) is 0.909. The molecule has 2 aliphatic rings. The van der Waals surface area contributed by atoms with Crippen LogP contribution in [0.4, 0.5) is 0 Å². The van der Waals surface area contributed by atoms with Gasteiger partial charge in [-0.05, 0) is 19.3 Å². The van der Waals surface area contributed by atoms with Crippen molar-refractivity contribution >= 4 is 5.91 Å². The number of aliphatic hydroxyl groups excluding tert-OH is 2. The maximum absolute atomic E-state index is 12.0. The smallest absolute Gasteiger partial charge is 0.237 e. The summed E-state index contributed by atoms with van der Waals surface area (Å²) in [6, 6.07) is -0.351. The van der Waals surface area contributed by atoms with Crippen LogP contribution < -0.4 is 10.6 Å². The van der Waals surface area contributed by atoms with Crippen LogP contribution in [0.5, 0.6) is 0 Å². The van der Waals surface area contributed by atoms with Crippen LogP contribution in [0, 0.1) is 0 Å². The molecule has 0 radical (unpaired) electrons. The Morgan fingerprint density at radius 2 is 2.18 bits per heavy atom. The van der Waals surface area contributed by atoms with Crippen molar-refractivity contribution in [1.82, 2.24) is 10.6 Å². The highest BCUT2D eigenvalue weighted by Crippen LogP contribution is 2.20. The normalized spacial score (nSPS) is 32.4. The minimum absolute atomic E-state index is 0.0721. The van der Waals surface area contributed by atoms with Crippen molar-refractivity contribution in [3.05, 3.63) is 0 Å². The van der Waals surface area contributed by atoms with Crippen LogP contribution in [-0.2, 0) is 9.53 Å². The van der Waals surface area contributed by atoms with Crippen molar-refractivity contribution in [2.45, 2.75) is 36.9 Å². The average Bonchev–Trinajstić information content (AvgIpc) is 2.77. The molecular formula is C11H20N2O4. The lowest BCUT2D eigenvalue weighted by Gasteiger charge is -2.37. The highest BCUT2D eigenvalue weighted by atomic mass is 16.5. The number of carbonyl (C=O) groups is 1. The molecule has 0 aliphatic carbocycles. The SMILES string of the molecule is O=C(NC1(CO)CCOCC1)C1CC(O)CN1. The van der Waals surface area contributed by atoms with E-state index in [4.69, 9.17) is 4.74 Å². The van der Waals surface area contributed by atoms with E-state index in [0.29, 0.717) is 39.0 Å². The van der Waals surface area contributed by atoms with Gasteiger partial charge in [0.15, 0.2) is 0 Å². The number of β-amino-alcohol motifs (C(OH)–C–C–N with tert-alkyl or cyclic N) is 1. The Morgan fingerprint density at radius 1 is 1.47 bits per heavy atom. The number of nitrogens with one attached hydrogen (secondary N) is 2. The predicted octanol–water partition coefficient (Wildman–Crippen LogP) is -1.63. The maximum atomic E-state index is 12.0. The molecule has 0 spiro atoms. The summed E-state index contributed by atoms with van der Waals surface area (Å²) < 4.78 is 5.23. The van der Waals surface area contributed by atoms with Gasteiger partial charge in [0, 0.05) is 19.8 Å². The zero-order chi connectivity index (χ0) is 12.3. The van der Waals surface area contributed by atoms with E-state index in [1.807, 2.05) is 0 Å². The number of amides is 1. The molecule has 2 rings (SSSR count). The second-order valence-corrected chi connectivity index (χ2v) is 4.89. The van der Waals surface area contributed by atoms with E-state index in [2.05, 4.69) is 10.6 Å². The molecule has 2 heterocycles. The van der Waals surface area contributed by atoms with E-state index < -0.39 is 11.6 Å². The molecule has 1 amide bonds. The summed E-state index contributed by atoms with van der Waals surface area (Å²) in [6.45, 7) is 1.49. The van der Waals surface area contributed by atoms with Crippen molar-refractivity contribution in [3.63, 3.8) is 0 Å². The molecule has 0 saturated carbocycles. The van der Waals surface area contributed by atoms with Crippen LogP contribution in [0.15, 0.2) is 0 Å². The monoisotopic (exact) mass is 244 g/mol. The van der Waals surface area contributed by atoms with Gasteiger partial charge in [-0.15, -0.1) is 0 Å². The lowest BCUT2D eigenvalue weighted by Crippen LogP contribution is -2.58. The van der Waals surface area contributed by atoms with E-state index in [-0.39, 0.29) is 18.6 Å². The van der Waals surface area contributed by atoms with Gasteiger partial charge in [-0.1, -0.05) is 0 Å². The maximum Gasteiger partial charge on any atom is 0.237 e. The first-order valence-electron chi connectivity index (χ1n) is 6.07. The van der Waals surface area contributed by atoms with E-state index in [1.54, 1.807) is 0 Å². The summed E-state index contributed by atoms with van der Waals surface area (Å²) in [5.41, 5.74) is -0.551. The van der Waals surface area contributed by atoms with E-state index in [0.717, 1.165) is 0 Å². The molecule has 2 atom stereocenters. The number of hydrogen-bond donors (Lipinski definition) is 4. The van der Waals surface area contributed by atoms with Gasteiger partial charge >= 0.3 is 0 Å². The predicted molar refractivity (Wildman–Crippen MR) is 60.4 cm³/mol. The molecule has 2 unspecified atom stereocenters. The topological polar surface area (TPSA) is 90.8 Å². The van der Waals surface area contributed by atoms with Crippen LogP contribution in [0.2, 0.25) is 0 Å². The van der Waals surface area contributed by atoms with Gasteiger partial charge < -0.3 is 25.6 Å². The molecular weight excluding hydrogens is 224 g/mol. The largest absolute Gasteiger partial charge is 0.394 e. The Hall–Kier alpha value is -0.690. The molecule has 98 valence electrons. The minimum atomic E-state index is -0.551. The van der Waals surface area contributed by atoms with Crippen molar-refractivity contribution in [2.24, 2.45) is 0 Å². The summed E-state index contributed by atoms with van der Waals surface area (Å²) in [5.74, 6) is -0.141. The van der Waals surface area contributed by atoms with Crippen molar-refractivity contribution in [2.75, 3.05) is 26.4 Å². The number of hydrogen-bond acceptors (Lipinski definition) is 5. The van der Waals surface area contributed by atoms with Crippen molar-refractivity contribution in [3.8, 4) is 0 Å². The summed E-state index contributed by atoms with van der Waals surface area (Å²) >= 11 is 0. The zero-order valence-corrected chi connectivity index (χ0v) is 9.82. The first kappa shape index (κ1) is 12.8. The van der Waals surface area contributed by atoms with Gasteiger partial charge in [0.05, 0.1) is 24.3 Å². The van der Waals surface area contributed by atoms with Crippen LogP contribution >= 0.6 is 0 Å². The van der Waals surface area contributed by atoms with Gasteiger partial charge in [0.25, 0.3) is 0 Å². The van der Waals surface area contributed by atoms with Crippen LogP contribution in [0.3, 0.4) is 0 Å². The molecule has 2 aliphatic heterocycles. The lowest BCUT2D eigenvalue weighted by atomic mass is 9.90. The van der Waals surface area contributed by atoms with Gasteiger partial charge in [0.2, 0.25) is 5.91 Å². The Morgan fingerprint density at radius 3 is 2.71 bits per heavy atom. The highest BCUT2D eigenvalue weighted by molar-refractivity contribution is 5.83. The lowest BCUT2D eigenvalue weighted by molar-refractivity contribution is -0.127. The average molecular weight is 244 g/mol. The van der Waals surface area contributed by atoms with E-state index in [1.165, 1.54) is 0 Å². The third-order valence-corrected chi connectivity index (χ3v) is 3.57. The van der Waals surface area contributed by atoms with Gasteiger partial charge in [-0.25, -0.2) is 0 Å². The Kier molecular flexibility index (Phi) is 3.98. The second-order valence-electron chi connectivity index (χ2n) is 4.89. The molecule has 0 aromatic heterocycles. The first-order chi connectivity index (χ1) is 8.15. The summed E-state index contributed by atoms with van der Waals surface area (Å²) in [7, 11) is 0. The molecule has 6 heteroatoms. The van der Waals surface area contributed by atoms with Crippen LogP contribution in [0.1, 0.15) is 19.3 Å². The molecule has 0 bridgehead atoms. The third-order valence-electron chi connectivity index (χ3n) is 3.57. The number of carbonyl (C=O) groups excluding carboxylic acids is 1. The zero-order valence-electron chi connectivity index (χ0n) is 9.82. The molecule has 2 fully saturated rings. The van der Waals surface area contributed by atoms with Crippen molar-refractivity contribution < 1.29 is 19.7 Å². The van der Waals surface area contributed by atoms with Crippen molar-refractivity contribution in [1.29, 1.82) is 0 Å². The Bertz CT molecular complexity index is 279. The Balaban J connectivity index is 1.91. The minimum Gasteiger partial charge on any atom is -0.394 e. The highest BCUT2D eigenvalue weighted by Gasteiger charge is 2.37. The van der Waals surface area contributed by atoms with Gasteiger partial charge in [-0.2, -0.15) is 0 Å². The molecule has 17 heavy (non-hydrogen) atoms. The second kappa shape index (κ2) is 5.30. The molecule has 2 saturated heterocycles. The van der Waals surface area contributed by atoms with Crippen LogP contribution in [0.25, 0.3) is 0 Å². The third kappa shape index (κ3) is 2.95. The number of rotatable bonds is 3. The fourth-order valence-corrected chi connectivity index (χ4v) is 2.35. The molecule has 0 aromatic rings. The number of aliphatic hydroxyl groups is 2. The first-order valence-corrected chi connectivity index (χ1v) is 6.07. The van der Waals surface area contributed by atoms with E-state index >= 15 is 0 Å². The van der Waals surface area contributed by atoms with Crippen LogP contribution in [-0.4, -0.2) is 60.2 Å². The quantitative estimate of drug-likeness (QED) is 0.478. The Labute approximate surface area is 100 Å². The molecule has 6 nitrogen and oxygen atoms in total. The molecule has 0 aromatic carbocycles. The summed E-state index contributed by atoms with van der Waals surface area (Å²) in [5, 5.41) is 24.7.